The van der Waals surface area contributed by atoms with E-state index in [0.29, 0.717) is 0 Å². The smallest absolute Gasteiger partial charge is 0.00177 e. The van der Waals surface area contributed by atoms with Crippen LogP contribution in [0.25, 0.3) is 0 Å². The van der Waals surface area contributed by atoms with Crippen molar-refractivity contribution in [1.29, 1.82) is 0 Å². The highest BCUT2D eigenvalue weighted by Crippen LogP contribution is 2.45. The summed E-state index contributed by atoms with van der Waals surface area (Å²) in [6.45, 7) is 6.98. The molecule has 2 aliphatic rings. The molecule has 84 valence electrons. The zero-order valence-corrected chi connectivity index (χ0v) is 10.4. The van der Waals surface area contributed by atoms with Crippen molar-refractivity contribution in [2.24, 2.45) is 17.8 Å². The first-order valence-corrected chi connectivity index (χ1v) is 6.59. The lowest BCUT2D eigenvalue weighted by molar-refractivity contribution is 0.300. The molecule has 2 rings (SSSR count). The van der Waals surface area contributed by atoms with E-state index in [1.54, 1.807) is 11.1 Å². The maximum atomic E-state index is 2.54. The van der Waals surface area contributed by atoms with Crippen LogP contribution in [0.1, 0.15) is 52.9 Å². The maximum Gasteiger partial charge on any atom is -0.00177 e. The van der Waals surface area contributed by atoms with Gasteiger partial charge in [-0.15, -0.1) is 0 Å². The largest absolute Gasteiger partial charge is 0.0844 e. The first-order valence-electron chi connectivity index (χ1n) is 6.59. The second-order valence-corrected chi connectivity index (χ2v) is 5.42. The Morgan fingerprint density at radius 3 is 2.93 bits per heavy atom. The van der Waals surface area contributed by atoms with Crippen LogP contribution >= 0.6 is 0 Å². The minimum atomic E-state index is 0.786. The molecule has 0 aliphatic heterocycles. The monoisotopic (exact) mass is 204 g/mol. The van der Waals surface area contributed by atoms with E-state index in [9.17, 15) is 0 Å². The highest BCUT2D eigenvalue weighted by molar-refractivity contribution is 5.25. The van der Waals surface area contributed by atoms with Gasteiger partial charge in [0.05, 0.1) is 0 Å². The average Bonchev–Trinajstić information content (AvgIpc) is 2.71. The predicted octanol–water partition coefficient (Wildman–Crippen LogP) is 4.73. The van der Waals surface area contributed by atoms with E-state index in [1.165, 1.54) is 32.1 Å². The fraction of sp³-hybridized carbons (Fsp3) is 0.733. The molecule has 0 radical (unpaired) electrons. The van der Waals surface area contributed by atoms with Gasteiger partial charge in [0, 0.05) is 0 Å². The van der Waals surface area contributed by atoms with Crippen molar-refractivity contribution < 1.29 is 0 Å². The third-order valence-corrected chi connectivity index (χ3v) is 4.38. The van der Waals surface area contributed by atoms with Crippen LogP contribution in [0, 0.1) is 17.8 Å². The molecule has 3 unspecified atom stereocenters. The predicted molar refractivity (Wildman–Crippen MR) is 66.7 cm³/mol. The summed E-state index contributed by atoms with van der Waals surface area (Å²) in [4.78, 5) is 0. The molecule has 0 aromatic heterocycles. The lowest BCUT2D eigenvalue weighted by atomic mass is 9.72. The summed E-state index contributed by atoms with van der Waals surface area (Å²) in [5.41, 5.74) is 3.35. The normalized spacial score (nSPS) is 36.3. The van der Waals surface area contributed by atoms with E-state index in [0.717, 1.165) is 17.8 Å². The topological polar surface area (TPSA) is 0 Å². The Hall–Kier alpha value is -0.520. The summed E-state index contributed by atoms with van der Waals surface area (Å²) in [5.74, 6) is 2.64. The summed E-state index contributed by atoms with van der Waals surface area (Å²) >= 11 is 0. The van der Waals surface area contributed by atoms with Gasteiger partial charge in [-0.05, 0) is 56.8 Å². The quantitative estimate of drug-likeness (QED) is 0.571. The Kier molecular flexibility index (Phi) is 3.33. The van der Waals surface area contributed by atoms with Gasteiger partial charge in [0.1, 0.15) is 0 Å². The molecule has 1 fully saturated rings. The van der Waals surface area contributed by atoms with E-state index in [1.807, 2.05) is 0 Å². The van der Waals surface area contributed by atoms with E-state index in [-0.39, 0.29) is 0 Å². The van der Waals surface area contributed by atoms with Crippen LogP contribution in [-0.4, -0.2) is 0 Å². The minimum Gasteiger partial charge on any atom is -0.0844 e. The Labute approximate surface area is 94.5 Å². The lowest BCUT2D eigenvalue weighted by Gasteiger charge is -2.33. The first kappa shape index (κ1) is 11.0. The molecule has 0 heterocycles. The summed E-state index contributed by atoms with van der Waals surface area (Å²) in [6.07, 6.45) is 11.9. The van der Waals surface area contributed by atoms with Crippen molar-refractivity contribution in [3.8, 4) is 0 Å². The van der Waals surface area contributed by atoms with Gasteiger partial charge in [-0.1, -0.05) is 37.1 Å². The Morgan fingerprint density at radius 1 is 1.40 bits per heavy atom. The first-order chi connectivity index (χ1) is 7.22. The molecule has 0 heteroatoms. The third kappa shape index (κ3) is 2.19. The standard InChI is InChI=1S/C15H24/c1-4-11(2)10-13-9-8-12(3)14-6-5-7-15(13)14/h7,10,12-14H,4-6,8-9H2,1-3H3/b11-10+. The molecular formula is C15H24. The molecule has 15 heavy (non-hydrogen) atoms. The number of fused-ring (bicyclic) bond motifs is 1. The number of allylic oxidation sites excluding steroid dienone is 4. The molecule has 3 atom stereocenters. The molecule has 0 N–H and O–H groups in total. The van der Waals surface area contributed by atoms with Crippen LogP contribution in [0.3, 0.4) is 0 Å². The lowest BCUT2D eigenvalue weighted by Crippen LogP contribution is -2.22. The number of hydrogen-bond donors (Lipinski definition) is 0. The summed E-state index contributed by atoms with van der Waals surface area (Å²) in [7, 11) is 0. The molecule has 0 amide bonds. The van der Waals surface area contributed by atoms with Gasteiger partial charge < -0.3 is 0 Å². The van der Waals surface area contributed by atoms with E-state index in [2.05, 4.69) is 32.9 Å². The van der Waals surface area contributed by atoms with Crippen molar-refractivity contribution in [2.45, 2.75) is 52.9 Å². The molecule has 0 saturated heterocycles. The van der Waals surface area contributed by atoms with Gasteiger partial charge in [0.15, 0.2) is 0 Å². The second kappa shape index (κ2) is 4.55. The van der Waals surface area contributed by atoms with E-state index in [4.69, 9.17) is 0 Å². The average molecular weight is 204 g/mol. The molecular weight excluding hydrogens is 180 g/mol. The Bertz CT molecular complexity index is 282. The molecule has 0 aromatic carbocycles. The van der Waals surface area contributed by atoms with E-state index < -0.39 is 0 Å². The summed E-state index contributed by atoms with van der Waals surface area (Å²) in [6, 6.07) is 0. The minimum absolute atomic E-state index is 0.786. The molecule has 1 saturated carbocycles. The van der Waals surface area contributed by atoms with Gasteiger partial charge in [0.2, 0.25) is 0 Å². The van der Waals surface area contributed by atoms with Gasteiger partial charge in [-0.25, -0.2) is 0 Å². The van der Waals surface area contributed by atoms with Crippen molar-refractivity contribution in [1.82, 2.24) is 0 Å². The van der Waals surface area contributed by atoms with Crippen LogP contribution < -0.4 is 0 Å². The highest BCUT2D eigenvalue weighted by atomic mass is 14.4. The Balaban J connectivity index is 2.14. The van der Waals surface area contributed by atoms with Gasteiger partial charge in [0.25, 0.3) is 0 Å². The van der Waals surface area contributed by atoms with Crippen molar-refractivity contribution in [2.75, 3.05) is 0 Å². The fourth-order valence-corrected chi connectivity index (χ4v) is 3.24. The summed E-state index contributed by atoms with van der Waals surface area (Å²) < 4.78 is 0. The molecule has 2 aliphatic carbocycles. The SMILES string of the molecule is CC/C(C)=C/C1CCC(C)C2CCC=C12. The van der Waals surface area contributed by atoms with Crippen molar-refractivity contribution >= 4 is 0 Å². The molecule has 0 bridgehead atoms. The van der Waals surface area contributed by atoms with Crippen LogP contribution in [0.2, 0.25) is 0 Å². The Morgan fingerprint density at radius 2 is 2.20 bits per heavy atom. The molecule has 0 aromatic rings. The molecule has 0 spiro atoms. The van der Waals surface area contributed by atoms with Crippen LogP contribution in [0.5, 0.6) is 0 Å². The zero-order valence-electron chi connectivity index (χ0n) is 10.4. The summed E-state index contributed by atoms with van der Waals surface area (Å²) in [5, 5.41) is 0. The van der Waals surface area contributed by atoms with Gasteiger partial charge in [-0.3, -0.25) is 0 Å². The fourth-order valence-electron chi connectivity index (χ4n) is 3.24. The highest BCUT2D eigenvalue weighted by Gasteiger charge is 2.33. The van der Waals surface area contributed by atoms with Crippen LogP contribution in [0.4, 0.5) is 0 Å². The zero-order chi connectivity index (χ0) is 10.8. The van der Waals surface area contributed by atoms with Crippen molar-refractivity contribution in [3.63, 3.8) is 0 Å². The second-order valence-electron chi connectivity index (χ2n) is 5.42. The third-order valence-electron chi connectivity index (χ3n) is 4.38. The van der Waals surface area contributed by atoms with Gasteiger partial charge in [-0.2, -0.15) is 0 Å². The maximum absolute atomic E-state index is 2.54. The van der Waals surface area contributed by atoms with Gasteiger partial charge >= 0.3 is 0 Å². The molecule has 0 nitrogen and oxygen atoms in total. The van der Waals surface area contributed by atoms with Crippen molar-refractivity contribution in [3.05, 3.63) is 23.3 Å². The van der Waals surface area contributed by atoms with E-state index >= 15 is 0 Å². The van der Waals surface area contributed by atoms with Crippen LogP contribution in [-0.2, 0) is 0 Å². The number of rotatable bonds is 2. The number of hydrogen-bond acceptors (Lipinski definition) is 0. The van der Waals surface area contributed by atoms with Crippen LogP contribution in [0.15, 0.2) is 23.3 Å².